The van der Waals surface area contributed by atoms with E-state index < -0.39 is 28.0 Å². The molecule has 0 saturated carbocycles. The summed E-state index contributed by atoms with van der Waals surface area (Å²) in [5.74, 6) is 0.246. The smallest absolute Gasteiger partial charge is 0.0684 e. The van der Waals surface area contributed by atoms with E-state index >= 15 is 0 Å². The van der Waals surface area contributed by atoms with Crippen molar-refractivity contribution in [2.45, 2.75) is 214 Å². The molecule has 6 heteroatoms. The molecule has 0 aromatic rings. The quantitative estimate of drug-likeness (QED) is 0.0838. The minimum Gasteiger partial charge on any atom is -0.390 e. The molecule has 0 rings (SSSR count). The lowest BCUT2D eigenvalue weighted by Gasteiger charge is -2.50. The summed E-state index contributed by atoms with van der Waals surface area (Å²) in [4.78, 5) is 0. The molecule has 0 aliphatic carbocycles. The van der Waals surface area contributed by atoms with E-state index in [1.165, 1.54) is 0 Å². The molecule has 0 heterocycles. The molecule has 4 unspecified atom stereocenters. The van der Waals surface area contributed by atoms with Crippen molar-refractivity contribution in [2.75, 3.05) is 19.8 Å². The van der Waals surface area contributed by atoms with Crippen molar-refractivity contribution >= 4 is 0 Å². The zero-order chi connectivity index (χ0) is 34.3. The van der Waals surface area contributed by atoms with Gasteiger partial charge in [0, 0.05) is 0 Å². The van der Waals surface area contributed by atoms with Gasteiger partial charge in [-0.1, -0.05) is 76.2 Å². The lowest BCUT2D eigenvalue weighted by Crippen LogP contribution is -2.53. The van der Waals surface area contributed by atoms with Gasteiger partial charge in [0.25, 0.3) is 0 Å². The summed E-state index contributed by atoms with van der Waals surface area (Å²) in [5.41, 5.74) is -3.32. The Bertz CT molecular complexity index is 740. The summed E-state index contributed by atoms with van der Waals surface area (Å²) in [6.45, 7) is 29.4. The third kappa shape index (κ3) is 12.4. The minimum absolute atomic E-state index is 0.112. The van der Waals surface area contributed by atoms with Crippen LogP contribution in [0.5, 0.6) is 0 Å². The molecule has 266 valence electrons. The summed E-state index contributed by atoms with van der Waals surface area (Å²) < 4.78 is 20.4. The van der Waals surface area contributed by atoms with Crippen LogP contribution < -0.4 is 0 Å². The van der Waals surface area contributed by atoms with Gasteiger partial charge in [-0.25, -0.2) is 0 Å². The first-order valence-electron chi connectivity index (χ1n) is 18.6. The van der Waals surface area contributed by atoms with Crippen LogP contribution in [0.25, 0.3) is 0 Å². The SMILES string of the molecule is CCC(O)(CC)CCOC(CC)(CC)CC(C(C)C(C)(CC)OCCC(O)(CC)CC)C(C)(CC)OCCC(O)(CC)CC. The molecule has 3 N–H and O–H groups in total. The molecule has 0 aromatic heterocycles. The molecule has 44 heavy (non-hydrogen) atoms. The van der Waals surface area contributed by atoms with Gasteiger partial charge in [0.2, 0.25) is 0 Å². The van der Waals surface area contributed by atoms with Crippen LogP contribution in [0, 0.1) is 11.8 Å². The van der Waals surface area contributed by atoms with Crippen LogP contribution in [0.1, 0.15) is 180 Å². The molecule has 0 amide bonds. The van der Waals surface area contributed by atoms with Crippen LogP contribution in [0.15, 0.2) is 0 Å². The van der Waals surface area contributed by atoms with Crippen LogP contribution in [-0.2, 0) is 14.2 Å². The second-order valence-corrected chi connectivity index (χ2v) is 14.4. The first kappa shape index (κ1) is 43.8. The number of hydrogen-bond donors (Lipinski definition) is 3. The Morgan fingerprint density at radius 1 is 0.455 bits per heavy atom. The van der Waals surface area contributed by atoms with E-state index in [0.717, 1.165) is 57.8 Å². The maximum atomic E-state index is 11.0. The molecular weight excluding hydrogens is 552 g/mol. The van der Waals surface area contributed by atoms with Gasteiger partial charge < -0.3 is 29.5 Å². The molecular formula is C38H78O6. The fourth-order valence-corrected chi connectivity index (χ4v) is 6.79. The van der Waals surface area contributed by atoms with E-state index in [9.17, 15) is 15.3 Å². The predicted molar refractivity (Wildman–Crippen MR) is 186 cm³/mol. The highest BCUT2D eigenvalue weighted by atomic mass is 16.5. The summed E-state index contributed by atoms with van der Waals surface area (Å²) in [7, 11) is 0. The van der Waals surface area contributed by atoms with Gasteiger partial charge in [-0.2, -0.15) is 0 Å². The number of rotatable bonds is 27. The summed E-state index contributed by atoms with van der Waals surface area (Å²) in [6, 6.07) is 0. The van der Waals surface area contributed by atoms with Crippen LogP contribution in [-0.4, -0.2) is 68.7 Å². The Labute approximate surface area is 274 Å². The Morgan fingerprint density at radius 3 is 1.07 bits per heavy atom. The van der Waals surface area contributed by atoms with Crippen LogP contribution >= 0.6 is 0 Å². The third-order valence-electron chi connectivity index (χ3n) is 12.6. The largest absolute Gasteiger partial charge is 0.390 e. The Balaban J connectivity index is 6.50. The summed E-state index contributed by atoms with van der Waals surface area (Å²) >= 11 is 0. The van der Waals surface area contributed by atoms with Crippen molar-refractivity contribution in [3.8, 4) is 0 Å². The Morgan fingerprint density at radius 2 is 0.773 bits per heavy atom. The minimum atomic E-state index is -0.707. The molecule has 0 bridgehead atoms. The zero-order valence-electron chi connectivity index (χ0n) is 31.7. The fourth-order valence-electron chi connectivity index (χ4n) is 6.79. The van der Waals surface area contributed by atoms with Crippen LogP contribution in [0.3, 0.4) is 0 Å². The van der Waals surface area contributed by atoms with Crippen molar-refractivity contribution < 1.29 is 29.5 Å². The van der Waals surface area contributed by atoms with Crippen molar-refractivity contribution in [2.24, 2.45) is 11.8 Å². The maximum absolute atomic E-state index is 11.0. The molecule has 4 atom stereocenters. The van der Waals surface area contributed by atoms with E-state index in [4.69, 9.17) is 14.2 Å². The molecule has 0 saturated heterocycles. The molecule has 0 aromatic carbocycles. The summed E-state index contributed by atoms with van der Waals surface area (Å²) in [5, 5.41) is 32.9. The van der Waals surface area contributed by atoms with Gasteiger partial charge in [-0.3, -0.25) is 0 Å². The normalized spacial score (nSPS) is 17.7. The van der Waals surface area contributed by atoms with Gasteiger partial charge in [0.15, 0.2) is 0 Å². The topological polar surface area (TPSA) is 88.4 Å². The average Bonchev–Trinajstić information content (AvgIpc) is 3.05. The number of ether oxygens (including phenoxy) is 3. The Kier molecular flexibility index (Phi) is 19.4. The highest BCUT2D eigenvalue weighted by Gasteiger charge is 2.48. The van der Waals surface area contributed by atoms with Crippen molar-refractivity contribution in [3.63, 3.8) is 0 Å². The van der Waals surface area contributed by atoms with Gasteiger partial charge >= 0.3 is 0 Å². The highest BCUT2D eigenvalue weighted by molar-refractivity contribution is 4.98. The molecule has 0 fully saturated rings. The molecule has 0 aliphatic heterocycles. The zero-order valence-corrected chi connectivity index (χ0v) is 31.7. The lowest BCUT2D eigenvalue weighted by atomic mass is 9.65. The van der Waals surface area contributed by atoms with Crippen LogP contribution in [0.2, 0.25) is 0 Å². The lowest BCUT2D eigenvalue weighted by molar-refractivity contribution is -0.180. The average molecular weight is 631 g/mol. The molecule has 0 radical (unpaired) electrons. The van der Waals surface area contributed by atoms with Crippen molar-refractivity contribution in [1.82, 2.24) is 0 Å². The third-order valence-corrected chi connectivity index (χ3v) is 12.6. The van der Waals surface area contributed by atoms with E-state index in [2.05, 4.69) is 48.5 Å². The molecule has 0 spiro atoms. The van der Waals surface area contributed by atoms with Gasteiger partial charge in [-0.15, -0.1) is 0 Å². The molecule has 6 nitrogen and oxygen atoms in total. The standard InChI is InChI=1S/C38H78O6/c1-14-33(12,42-27-24-35(39,16-3)17-4)31(11)32(34(13,15-2)43-28-25-36(40,18-5)19-6)30-38(22-9,23-10)44-29-26-37(41,20-7)21-8/h31-32,39-41H,14-30H2,1-13H3. The highest BCUT2D eigenvalue weighted by Crippen LogP contribution is 2.46. The van der Waals surface area contributed by atoms with E-state index in [1.54, 1.807) is 0 Å². The number of hydrogen-bond acceptors (Lipinski definition) is 6. The summed E-state index contributed by atoms with van der Waals surface area (Å²) in [6.07, 6.45) is 10.4. The van der Waals surface area contributed by atoms with E-state index in [0.29, 0.717) is 51.9 Å². The number of aliphatic hydroxyl groups is 3. The van der Waals surface area contributed by atoms with Gasteiger partial charge in [-0.05, 0) is 116 Å². The van der Waals surface area contributed by atoms with Crippen molar-refractivity contribution in [3.05, 3.63) is 0 Å². The van der Waals surface area contributed by atoms with E-state index in [1.807, 2.05) is 41.5 Å². The van der Waals surface area contributed by atoms with Crippen LogP contribution in [0.4, 0.5) is 0 Å². The fraction of sp³-hybridized carbons (Fsp3) is 1.00. The maximum Gasteiger partial charge on any atom is 0.0684 e. The Hall–Kier alpha value is -0.240. The predicted octanol–water partition coefficient (Wildman–Crippen LogP) is 9.40. The second kappa shape index (κ2) is 19.5. The first-order chi connectivity index (χ1) is 20.5. The van der Waals surface area contributed by atoms with Gasteiger partial charge in [0.05, 0.1) is 53.4 Å². The molecule has 0 aliphatic rings. The van der Waals surface area contributed by atoms with Crippen molar-refractivity contribution in [1.29, 1.82) is 0 Å². The van der Waals surface area contributed by atoms with E-state index in [-0.39, 0.29) is 17.4 Å². The van der Waals surface area contributed by atoms with Gasteiger partial charge in [0.1, 0.15) is 0 Å². The second-order valence-electron chi connectivity index (χ2n) is 14.4. The first-order valence-corrected chi connectivity index (χ1v) is 18.6. The monoisotopic (exact) mass is 631 g/mol.